The van der Waals surface area contributed by atoms with Gasteiger partial charge in [0.1, 0.15) is 5.54 Å². The van der Waals surface area contributed by atoms with E-state index in [1.165, 1.54) is 26.4 Å². The summed E-state index contributed by atoms with van der Waals surface area (Å²) in [6.45, 7) is 6.95. The lowest BCUT2D eigenvalue weighted by molar-refractivity contribution is -0.149. The van der Waals surface area contributed by atoms with Crippen molar-refractivity contribution in [3.05, 3.63) is 0 Å². The van der Waals surface area contributed by atoms with E-state index in [0.717, 1.165) is 25.7 Å². The molecule has 2 rings (SSSR count). The zero-order valence-electron chi connectivity index (χ0n) is 12.9. The number of esters is 1. The first-order valence-corrected chi connectivity index (χ1v) is 7.73. The van der Waals surface area contributed by atoms with E-state index in [9.17, 15) is 4.79 Å². The lowest BCUT2D eigenvalue weighted by Crippen LogP contribution is -2.53. The lowest BCUT2D eigenvalue weighted by atomic mass is 9.76. The van der Waals surface area contributed by atoms with Crippen molar-refractivity contribution in [2.45, 2.75) is 77.3 Å². The van der Waals surface area contributed by atoms with E-state index in [-0.39, 0.29) is 5.97 Å². The summed E-state index contributed by atoms with van der Waals surface area (Å²) in [6.07, 6.45) is 7.76. The number of carbonyl (C=O) groups is 1. The van der Waals surface area contributed by atoms with Gasteiger partial charge in [0.2, 0.25) is 0 Å². The zero-order valence-corrected chi connectivity index (χ0v) is 12.9. The molecule has 0 spiro atoms. The molecule has 0 heterocycles. The van der Waals surface area contributed by atoms with E-state index in [4.69, 9.17) is 4.74 Å². The molecule has 0 bridgehead atoms. The van der Waals surface area contributed by atoms with Crippen LogP contribution in [0.3, 0.4) is 0 Å². The molecule has 1 N–H and O–H groups in total. The van der Waals surface area contributed by atoms with Crippen LogP contribution < -0.4 is 5.32 Å². The minimum Gasteiger partial charge on any atom is -0.468 e. The van der Waals surface area contributed by atoms with Gasteiger partial charge >= 0.3 is 5.97 Å². The Bertz CT molecular complexity index is 330. The van der Waals surface area contributed by atoms with Crippen LogP contribution in [-0.2, 0) is 9.53 Å². The van der Waals surface area contributed by atoms with E-state index in [1.54, 1.807) is 0 Å². The van der Waals surface area contributed by atoms with Crippen LogP contribution >= 0.6 is 0 Å². The third-order valence-corrected chi connectivity index (χ3v) is 4.93. The maximum Gasteiger partial charge on any atom is 0.326 e. The van der Waals surface area contributed by atoms with Crippen LogP contribution in [0, 0.1) is 11.3 Å². The van der Waals surface area contributed by atoms with Crippen molar-refractivity contribution in [1.82, 2.24) is 5.32 Å². The molecular weight excluding hydrogens is 238 g/mol. The van der Waals surface area contributed by atoms with Gasteiger partial charge in [-0.15, -0.1) is 0 Å². The van der Waals surface area contributed by atoms with Crippen molar-refractivity contribution in [1.29, 1.82) is 0 Å². The molecule has 2 saturated carbocycles. The van der Waals surface area contributed by atoms with E-state index in [1.807, 2.05) is 0 Å². The smallest absolute Gasteiger partial charge is 0.326 e. The molecule has 0 amide bonds. The Labute approximate surface area is 117 Å². The van der Waals surface area contributed by atoms with Crippen molar-refractivity contribution in [2.75, 3.05) is 7.11 Å². The first-order valence-electron chi connectivity index (χ1n) is 7.73. The van der Waals surface area contributed by atoms with Crippen LogP contribution in [0.25, 0.3) is 0 Å². The first-order chi connectivity index (χ1) is 8.87. The fourth-order valence-electron chi connectivity index (χ4n) is 3.43. The van der Waals surface area contributed by atoms with Crippen molar-refractivity contribution >= 4 is 5.97 Å². The van der Waals surface area contributed by atoms with E-state index < -0.39 is 5.54 Å². The summed E-state index contributed by atoms with van der Waals surface area (Å²) in [5, 5.41) is 3.59. The van der Waals surface area contributed by atoms with Gasteiger partial charge in [-0.25, -0.2) is 0 Å². The summed E-state index contributed by atoms with van der Waals surface area (Å²) in [6, 6.07) is 0.547. The molecule has 110 valence electrons. The summed E-state index contributed by atoms with van der Waals surface area (Å²) in [7, 11) is 1.52. The van der Waals surface area contributed by atoms with Crippen molar-refractivity contribution in [2.24, 2.45) is 11.3 Å². The highest BCUT2D eigenvalue weighted by Crippen LogP contribution is 2.41. The quantitative estimate of drug-likeness (QED) is 0.630. The molecule has 2 aliphatic rings. The molecule has 2 unspecified atom stereocenters. The molecule has 0 aromatic carbocycles. The summed E-state index contributed by atoms with van der Waals surface area (Å²) in [5.41, 5.74) is -0.0678. The first kappa shape index (κ1) is 14.8. The Balaban J connectivity index is 2.09. The molecule has 0 saturated heterocycles. The summed E-state index contributed by atoms with van der Waals surface area (Å²) in [4.78, 5) is 12.3. The number of nitrogens with one attached hydrogen (secondary N) is 1. The van der Waals surface area contributed by atoms with Crippen LogP contribution in [0.5, 0.6) is 0 Å². The molecule has 19 heavy (non-hydrogen) atoms. The van der Waals surface area contributed by atoms with Gasteiger partial charge in [-0.05, 0) is 49.9 Å². The minimum absolute atomic E-state index is 0.0473. The van der Waals surface area contributed by atoms with E-state index in [0.29, 0.717) is 17.4 Å². The van der Waals surface area contributed by atoms with Crippen LogP contribution in [0.1, 0.15) is 65.7 Å². The topological polar surface area (TPSA) is 38.3 Å². The molecule has 0 aliphatic heterocycles. The summed E-state index contributed by atoms with van der Waals surface area (Å²) < 4.78 is 5.10. The fraction of sp³-hybridized carbons (Fsp3) is 0.938. The largest absolute Gasteiger partial charge is 0.468 e. The molecule has 0 aromatic rings. The Morgan fingerprint density at radius 1 is 1.16 bits per heavy atom. The number of rotatable bonds is 3. The highest BCUT2D eigenvalue weighted by Gasteiger charge is 2.45. The van der Waals surface area contributed by atoms with Gasteiger partial charge in [0.15, 0.2) is 0 Å². The molecule has 3 nitrogen and oxygen atoms in total. The van der Waals surface area contributed by atoms with Gasteiger partial charge in [-0.3, -0.25) is 10.1 Å². The lowest BCUT2D eigenvalue weighted by Gasteiger charge is -2.33. The highest BCUT2D eigenvalue weighted by molar-refractivity contribution is 5.81. The second-order valence-corrected chi connectivity index (χ2v) is 7.49. The number of carbonyl (C=O) groups excluding carboxylic acids is 1. The highest BCUT2D eigenvalue weighted by atomic mass is 16.5. The van der Waals surface area contributed by atoms with Gasteiger partial charge in [0, 0.05) is 6.04 Å². The van der Waals surface area contributed by atoms with Crippen LogP contribution in [0.2, 0.25) is 0 Å². The van der Waals surface area contributed by atoms with Crippen LogP contribution in [-0.4, -0.2) is 24.7 Å². The molecule has 2 aliphatic carbocycles. The molecule has 0 aromatic heterocycles. The summed E-state index contributed by atoms with van der Waals surface area (Å²) in [5.74, 6) is 0.661. The maximum absolute atomic E-state index is 12.3. The Kier molecular flexibility index (Phi) is 4.24. The van der Waals surface area contributed by atoms with Crippen LogP contribution in [0.4, 0.5) is 0 Å². The Morgan fingerprint density at radius 3 is 2.37 bits per heavy atom. The third kappa shape index (κ3) is 3.50. The Hall–Kier alpha value is -0.570. The maximum atomic E-state index is 12.3. The third-order valence-electron chi connectivity index (χ3n) is 4.93. The van der Waals surface area contributed by atoms with E-state index in [2.05, 4.69) is 26.1 Å². The second kappa shape index (κ2) is 5.43. The number of hydrogen-bond acceptors (Lipinski definition) is 3. The van der Waals surface area contributed by atoms with Gasteiger partial charge in [0.25, 0.3) is 0 Å². The van der Waals surface area contributed by atoms with Gasteiger partial charge < -0.3 is 4.74 Å². The molecule has 0 radical (unpaired) electrons. The number of hydrogen-bond donors (Lipinski definition) is 1. The SMILES string of the molecule is COC(=O)C1(NC2CC2)CCCC(C(C)(C)C)CC1. The monoisotopic (exact) mass is 267 g/mol. The number of methoxy groups -OCH3 is 1. The molecule has 2 fully saturated rings. The molecular formula is C16H29NO2. The summed E-state index contributed by atoms with van der Waals surface area (Å²) >= 11 is 0. The second-order valence-electron chi connectivity index (χ2n) is 7.49. The van der Waals surface area contributed by atoms with Gasteiger partial charge in [-0.2, -0.15) is 0 Å². The molecule has 3 heteroatoms. The average molecular weight is 267 g/mol. The van der Waals surface area contributed by atoms with E-state index >= 15 is 0 Å². The van der Waals surface area contributed by atoms with Crippen molar-refractivity contribution in [3.63, 3.8) is 0 Å². The average Bonchev–Trinajstić information content (AvgIpc) is 3.14. The zero-order chi connectivity index (χ0) is 14.1. The number of ether oxygens (including phenoxy) is 1. The van der Waals surface area contributed by atoms with Gasteiger partial charge in [-0.1, -0.05) is 27.2 Å². The fourth-order valence-corrected chi connectivity index (χ4v) is 3.43. The molecule has 2 atom stereocenters. The normalized spacial score (nSPS) is 32.7. The van der Waals surface area contributed by atoms with Crippen molar-refractivity contribution in [3.8, 4) is 0 Å². The minimum atomic E-state index is -0.407. The predicted molar refractivity (Wildman–Crippen MR) is 76.9 cm³/mol. The van der Waals surface area contributed by atoms with Gasteiger partial charge in [0.05, 0.1) is 7.11 Å². The standard InChI is InChI=1S/C16H29NO2/c1-15(2,3)12-6-5-10-16(11-9-12,14(18)19-4)17-13-7-8-13/h12-13,17H,5-11H2,1-4H3. The van der Waals surface area contributed by atoms with Crippen molar-refractivity contribution < 1.29 is 9.53 Å². The Morgan fingerprint density at radius 2 is 1.84 bits per heavy atom. The predicted octanol–water partition coefficient (Wildman–Crippen LogP) is 3.28. The van der Waals surface area contributed by atoms with Crippen LogP contribution in [0.15, 0.2) is 0 Å².